The number of rotatable bonds is 5. The molecule has 142 valence electrons. The summed E-state index contributed by atoms with van der Waals surface area (Å²) in [7, 11) is 0. The fraction of sp³-hybridized carbons (Fsp3) is 0.227. The van der Waals surface area contributed by atoms with Crippen LogP contribution in [-0.4, -0.2) is 21.6 Å². The SMILES string of the molecule is CC(=O)NCc1ccc(C(=O)Nc2c3c(nn2-c2ccccc2)CCC3)cc1. The van der Waals surface area contributed by atoms with Crippen LogP contribution in [0.2, 0.25) is 0 Å². The molecule has 0 saturated heterocycles. The molecule has 2 N–H and O–H groups in total. The highest BCUT2D eigenvalue weighted by Crippen LogP contribution is 2.31. The van der Waals surface area contributed by atoms with E-state index < -0.39 is 0 Å². The summed E-state index contributed by atoms with van der Waals surface area (Å²) < 4.78 is 1.83. The smallest absolute Gasteiger partial charge is 0.256 e. The highest BCUT2D eigenvalue weighted by Gasteiger charge is 2.24. The lowest BCUT2D eigenvalue weighted by atomic mass is 10.1. The van der Waals surface area contributed by atoms with Crippen LogP contribution in [0.5, 0.6) is 0 Å². The molecule has 0 radical (unpaired) electrons. The van der Waals surface area contributed by atoms with Gasteiger partial charge >= 0.3 is 0 Å². The van der Waals surface area contributed by atoms with Gasteiger partial charge in [0.05, 0.1) is 11.4 Å². The van der Waals surface area contributed by atoms with Gasteiger partial charge in [-0.05, 0) is 49.1 Å². The summed E-state index contributed by atoms with van der Waals surface area (Å²) in [6, 6.07) is 17.1. The summed E-state index contributed by atoms with van der Waals surface area (Å²) in [5, 5.41) is 10.5. The number of hydrogen-bond donors (Lipinski definition) is 2. The molecular formula is C22H22N4O2. The van der Waals surface area contributed by atoms with E-state index >= 15 is 0 Å². The zero-order valence-corrected chi connectivity index (χ0v) is 15.7. The highest BCUT2D eigenvalue weighted by molar-refractivity contribution is 6.04. The number of carbonyl (C=O) groups is 2. The van der Waals surface area contributed by atoms with Gasteiger partial charge in [-0.2, -0.15) is 5.10 Å². The van der Waals surface area contributed by atoms with Gasteiger partial charge in [-0.25, -0.2) is 4.68 Å². The van der Waals surface area contributed by atoms with E-state index in [-0.39, 0.29) is 11.8 Å². The van der Waals surface area contributed by atoms with Crippen molar-refractivity contribution >= 4 is 17.6 Å². The first-order valence-electron chi connectivity index (χ1n) is 9.43. The number of amides is 2. The first kappa shape index (κ1) is 18.0. The Morgan fingerprint density at radius 3 is 2.50 bits per heavy atom. The molecule has 1 aromatic heterocycles. The van der Waals surface area contributed by atoms with Crippen LogP contribution in [-0.2, 0) is 24.2 Å². The van der Waals surface area contributed by atoms with Crippen LogP contribution in [0.3, 0.4) is 0 Å². The molecule has 0 unspecified atom stereocenters. The number of aromatic nitrogens is 2. The third-order valence-electron chi connectivity index (χ3n) is 4.90. The minimum absolute atomic E-state index is 0.0788. The first-order chi connectivity index (χ1) is 13.6. The summed E-state index contributed by atoms with van der Waals surface area (Å²) in [5.74, 6) is 0.508. The molecule has 6 nitrogen and oxygen atoms in total. The number of nitrogens with zero attached hydrogens (tertiary/aromatic N) is 2. The molecule has 2 amide bonds. The van der Waals surface area contributed by atoms with Crippen molar-refractivity contribution in [2.24, 2.45) is 0 Å². The number of hydrogen-bond acceptors (Lipinski definition) is 3. The molecule has 0 atom stereocenters. The van der Waals surface area contributed by atoms with E-state index in [1.165, 1.54) is 6.92 Å². The third kappa shape index (κ3) is 3.67. The summed E-state index contributed by atoms with van der Waals surface area (Å²) in [6.07, 6.45) is 2.93. The zero-order chi connectivity index (χ0) is 19.5. The number of anilines is 1. The molecule has 4 rings (SSSR count). The molecule has 1 heterocycles. The molecule has 0 fully saturated rings. The van der Waals surface area contributed by atoms with Gasteiger partial charge in [-0.15, -0.1) is 0 Å². The molecule has 0 bridgehead atoms. The molecule has 0 saturated carbocycles. The standard InChI is InChI=1S/C22H22N4O2/c1-15(27)23-14-16-10-12-17(13-11-16)22(28)24-21-19-8-5-9-20(19)25-26(21)18-6-3-2-4-7-18/h2-4,6-7,10-13H,5,8-9,14H2,1H3,(H,23,27)(H,24,28). The van der Waals surface area contributed by atoms with Crippen LogP contribution >= 0.6 is 0 Å². The minimum atomic E-state index is -0.169. The number of aryl methyl sites for hydroxylation is 1. The summed E-state index contributed by atoms with van der Waals surface area (Å²) in [5.41, 5.74) is 4.63. The molecular weight excluding hydrogens is 352 g/mol. The van der Waals surface area contributed by atoms with Crippen LogP contribution < -0.4 is 10.6 Å². The maximum absolute atomic E-state index is 12.9. The molecule has 3 aromatic rings. The van der Waals surface area contributed by atoms with Crippen molar-refractivity contribution in [2.45, 2.75) is 32.7 Å². The molecule has 28 heavy (non-hydrogen) atoms. The van der Waals surface area contributed by atoms with E-state index in [4.69, 9.17) is 5.10 Å². The van der Waals surface area contributed by atoms with Crippen LogP contribution in [0.25, 0.3) is 5.69 Å². The van der Waals surface area contributed by atoms with Crippen LogP contribution in [0.1, 0.15) is 40.5 Å². The number of benzene rings is 2. The van der Waals surface area contributed by atoms with E-state index in [2.05, 4.69) is 10.6 Å². The fourth-order valence-corrected chi connectivity index (χ4v) is 3.46. The monoisotopic (exact) mass is 374 g/mol. The molecule has 6 heteroatoms. The van der Waals surface area contributed by atoms with Crippen LogP contribution in [0.4, 0.5) is 5.82 Å². The lowest BCUT2D eigenvalue weighted by molar-refractivity contribution is -0.119. The average Bonchev–Trinajstić information content (AvgIpc) is 3.30. The minimum Gasteiger partial charge on any atom is -0.352 e. The van der Waals surface area contributed by atoms with E-state index in [0.717, 1.165) is 47.6 Å². The molecule has 2 aromatic carbocycles. The Morgan fingerprint density at radius 1 is 1.04 bits per heavy atom. The van der Waals surface area contributed by atoms with Crippen molar-refractivity contribution in [2.75, 3.05) is 5.32 Å². The van der Waals surface area contributed by atoms with E-state index in [1.807, 2.05) is 47.1 Å². The van der Waals surface area contributed by atoms with Gasteiger partial charge < -0.3 is 10.6 Å². The Balaban J connectivity index is 1.57. The predicted molar refractivity (Wildman–Crippen MR) is 108 cm³/mol. The van der Waals surface area contributed by atoms with Crippen LogP contribution in [0.15, 0.2) is 54.6 Å². The van der Waals surface area contributed by atoms with Gasteiger partial charge in [0.2, 0.25) is 5.91 Å². The van der Waals surface area contributed by atoms with Crippen molar-refractivity contribution in [3.63, 3.8) is 0 Å². The van der Waals surface area contributed by atoms with E-state index in [9.17, 15) is 9.59 Å². The van der Waals surface area contributed by atoms with Gasteiger partial charge in [0.15, 0.2) is 0 Å². The molecule has 1 aliphatic carbocycles. The largest absolute Gasteiger partial charge is 0.352 e. The third-order valence-corrected chi connectivity index (χ3v) is 4.90. The number of para-hydroxylation sites is 1. The molecule has 0 spiro atoms. The average molecular weight is 374 g/mol. The van der Waals surface area contributed by atoms with Crippen molar-refractivity contribution in [3.8, 4) is 5.69 Å². The van der Waals surface area contributed by atoms with Crippen molar-refractivity contribution in [1.29, 1.82) is 0 Å². The Labute approximate surface area is 163 Å². The Hall–Kier alpha value is -3.41. The topological polar surface area (TPSA) is 76.0 Å². The maximum atomic E-state index is 12.9. The molecule has 1 aliphatic rings. The summed E-state index contributed by atoms with van der Waals surface area (Å²) in [6.45, 7) is 1.93. The van der Waals surface area contributed by atoms with E-state index in [1.54, 1.807) is 12.1 Å². The predicted octanol–water partition coefficient (Wildman–Crippen LogP) is 3.25. The summed E-state index contributed by atoms with van der Waals surface area (Å²) >= 11 is 0. The zero-order valence-electron chi connectivity index (χ0n) is 15.7. The second-order valence-electron chi connectivity index (χ2n) is 6.94. The summed E-state index contributed by atoms with van der Waals surface area (Å²) in [4.78, 5) is 23.9. The van der Waals surface area contributed by atoms with Gasteiger partial charge in [-0.3, -0.25) is 9.59 Å². The second kappa shape index (κ2) is 7.68. The van der Waals surface area contributed by atoms with Crippen LogP contribution in [0, 0.1) is 0 Å². The van der Waals surface area contributed by atoms with Gasteiger partial charge in [0.25, 0.3) is 5.91 Å². The van der Waals surface area contributed by atoms with Gasteiger partial charge in [0.1, 0.15) is 5.82 Å². The lowest BCUT2D eigenvalue weighted by Crippen LogP contribution is -2.19. The van der Waals surface area contributed by atoms with Crippen molar-refractivity contribution in [1.82, 2.24) is 15.1 Å². The van der Waals surface area contributed by atoms with Crippen molar-refractivity contribution in [3.05, 3.63) is 77.0 Å². The van der Waals surface area contributed by atoms with E-state index in [0.29, 0.717) is 12.1 Å². The van der Waals surface area contributed by atoms with Crippen molar-refractivity contribution < 1.29 is 9.59 Å². The number of fused-ring (bicyclic) bond motifs is 1. The Kier molecular flexibility index (Phi) is 4.93. The fourth-order valence-electron chi connectivity index (χ4n) is 3.46. The Morgan fingerprint density at radius 2 is 1.79 bits per heavy atom. The normalized spacial score (nSPS) is 12.5. The lowest BCUT2D eigenvalue weighted by Gasteiger charge is -2.11. The maximum Gasteiger partial charge on any atom is 0.256 e. The highest BCUT2D eigenvalue weighted by atomic mass is 16.2. The second-order valence-corrected chi connectivity index (χ2v) is 6.94. The first-order valence-corrected chi connectivity index (χ1v) is 9.43. The molecule has 0 aliphatic heterocycles. The van der Waals surface area contributed by atoms with Gasteiger partial charge in [0, 0.05) is 24.6 Å². The Bertz CT molecular complexity index is 1010. The number of nitrogens with one attached hydrogen (secondary N) is 2. The van der Waals surface area contributed by atoms with Gasteiger partial charge in [-0.1, -0.05) is 30.3 Å². The number of carbonyl (C=O) groups excluding carboxylic acids is 2. The quantitative estimate of drug-likeness (QED) is 0.720.